The van der Waals surface area contributed by atoms with E-state index in [1.54, 1.807) is 0 Å². The van der Waals surface area contributed by atoms with E-state index in [9.17, 15) is 0 Å². The number of hydrogen-bond donors (Lipinski definition) is 1. The van der Waals surface area contributed by atoms with Crippen LogP contribution in [0.15, 0.2) is 67.0 Å². The highest BCUT2D eigenvalue weighted by atomic mass is 35.5. The first-order valence-electron chi connectivity index (χ1n) is 9.60. The molecule has 2 atom stereocenters. The first-order chi connectivity index (χ1) is 13.7. The van der Waals surface area contributed by atoms with E-state index in [1.807, 2.05) is 36.5 Å². The van der Waals surface area contributed by atoms with Gasteiger partial charge in [-0.2, -0.15) is 0 Å². The molecule has 2 aromatic heterocycles. The van der Waals surface area contributed by atoms with E-state index in [4.69, 9.17) is 23.8 Å². The topological polar surface area (TPSA) is 33.1 Å². The monoisotopic (exact) mass is 410 g/mol. The number of nitrogens with zero attached hydrogens (tertiary/aromatic N) is 3. The zero-order valence-corrected chi connectivity index (χ0v) is 17.3. The highest BCUT2D eigenvalue weighted by molar-refractivity contribution is 7.80. The van der Waals surface area contributed by atoms with Gasteiger partial charge in [0.2, 0.25) is 0 Å². The standard InChI is InChI=1S/C22H23ClN4S/c1-2-3-13-27-21(20(25-22(27)28)18-10-4-5-12-24-18)19-11-7-14-26(19)17-9-6-8-16(23)15-17/h4-12,14-15,20-21H,2-3,13H2,1H3,(H,25,28)/t20-,21+/m0/s1. The summed E-state index contributed by atoms with van der Waals surface area (Å²) in [6.07, 6.45) is 6.12. The molecule has 1 aromatic carbocycles. The minimum absolute atomic E-state index is 0.00149. The lowest BCUT2D eigenvalue weighted by Crippen LogP contribution is -2.31. The molecule has 28 heavy (non-hydrogen) atoms. The summed E-state index contributed by atoms with van der Waals surface area (Å²) >= 11 is 12.0. The van der Waals surface area contributed by atoms with Crippen LogP contribution in [0.4, 0.5) is 0 Å². The first kappa shape index (κ1) is 19.0. The fourth-order valence-corrected chi connectivity index (χ4v) is 4.31. The van der Waals surface area contributed by atoms with E-state index < -0.39 is 0 Å². The summed E-state index contributed by atoms with van der Waals surface area (Å²) < 4.78 is 2.20. The summed E-state index contributed by atoms with van der Waals surface area (Å²) in [6.45, 7) is 3.11. The van der Waals surface area contributed by atoms with Gasteiger partial charge in [0.05, 0.1) is 17.8 Å². The molecular formula is C22H23ClN4S. The second kappa shape index (κ2) is 8.33. The van der Waals surface area contributed by atoms with Crippen molar-refractivity contribution in [2.75, 3.05) is 6.54 Å². The molecule has 0 bridgehead atoms. The number of rotatable bonds is 6. The Bertz CT molecular complexity index is 956. The van der Waals surface area contributed by atoms with Crippen molar-refractivity contribution in [3.63, 3.8) is 0 Å². The van der Waals surface area contributed by atoms with Crippen LogP contribution >= 0.6 is 23.8 Å². The summed E-state index contributed by atoms with van der Waals surface area (Å²) in [5.41, 5.74) is 3.20. The summed E-state index contributed by atoms with van der Waals surface area (Å²) in [5, 5.41) is 5.02. The van der Waals surface area contributed by atoms with Gasteiger partial charge in [-0.15, -0.1) is 0 Å². The van der Waals surface area contributed by atoms with Gasteiger partial charge in [-0.3, -0.25) is 4.98 Å². The van der Waals surface area contributed by atoms with Crippen molar-refractivity contribution in [2.45, 2.75) is 31.8 Å². The van der Waals surface area contributed by atoms with Gasteiger partial charge in [0.25, 0.3) is 0 Å². The number of nitrogens with one attached hydrogen (secondary N) is 1. The average Bonchev–Trinajstić information content (AvgIpc) is 3.31. The molecule has 0 radical (unpaired) electrons. The number of hydrogen-bond acceptors (Lipinski definition) is 2. The predicted octanol–water partition coefficient (Wildman–Crippen LogP) is 5.30. The normalized spacial score (nSPS) is 19.1. The highest BCUT2D eigenvalue weighted by Gasteiger charge is 2.40. The predicted molar refractivity (Wildman–Crippen MR) is 118 cm³/mol. The molecule has 3 aromatic rings. The number of halogens is 1. The summed E-state index contributed by atoms with van der Waals surface area (Å²) in [4.78, 5) is 6.91. The van der Waals surface area contributed by atoms with Crippen molar-refractivity contribution in [3.05, 3.63) is 83.4 Å². The Labute approximate surface area is 176 Å². The highest BCUT2D eigenvalue weighted by Crippen LogP contribution is 2.39. The van der Waals surface area contributed by atoms with E-state index >= 15 is 0 Å². The molecule has 4 rings (SSSR count). The Hall–Kier alpha value is -2.37. The van der Waals surface area contributed by atoms with Crippen molar-refractivity contribution < 1.29 is 0 Å². The SMILES string of the molecule is CCCCN1C(=S)N[C@@H](c2ccccn2)[C@H]1c1cccn1-c1cccc(Cl)c1. The van der Waals surface area contributed by atoms with Crippen LogP contribution in [-0.2, 0) is 0 Å². The molecule has 0 unspecified atom stereocenters. The molecule has 3 heterocycles. The number of thiocarbonyl (C=S) groups is 1. The number of pyridine rings is 1. The molecule has 0 saturated carbocycles. The lowest BCUT2D eigenvalue weighted by Gasteiger charge is -2.29. The van der Waals surface area contributed by atoms with Crippen molar-refractivity contribution in [1.29, 1.82) is 0 Å². The Balaban J connectivity index is 1.79. The molecule has 6 heteroatoms. The van der Waals surface area contributed by atoms with Crippen LogP contribution < -0.4 is 5.32 Å². The van der Waals surface area contributed by atoms with Gasteiger partial charge in [-0.1, -0.05) is 37.1 Å². The van der Waals surface area contributed by atoms with E-state index in [0.717, 1.165) is 40.9 Å². The molecule has 1 N–H and O–H groups in total. The molecule has 144 valence electrons. The molecule has 0 aliphatic carbocycles. The zero-order chi connectivity index (χ0) is 19.5. The fourth-order valence-electron chi connectivity index (χ4n) is 3.79. The smallest absolute Gasteiger partial charge is 0.170 e. The van der Waals surface area contributed by atoms with Crippen LogP contribution in [0.2, 0.25) is 5.02 Å². The van der Waals surface area contributed by atoms with Gasteiger partial charge in [-0.25, -0.2) is 0 Å². The molecule has 0 spiro atoms. The Morgan fingerprint density at radius 3 is 2.79 bits per heavy atom. The molecule has 1 aliphatic heterocycles. The van der Waals surface area contributed by atoms with Crippen LogP contribution in [-0.4, -0.2) is 26.1 Å². The Kier molecular flexibility index (Phi) is 5.64. The van der Waals surface area contributed by atoms with Crippen molar-refractivity contribution >= 4 is 28.9 Å². The maximum Gasteiger partial charge on any atom is 0.170 e. The maximum atomic E-state index is 6.25. The minimum atomic E-state index is -0.00149. The summed E-state index contributed by atoms with van der Waals surface area (Å²) in [5.74, 6) is 0. The third-order valence-electron chi connectivity index (χ3n) is 5.12. The largest absolute Gasteiger partial charge is 0.352 e. The molecule has 1 saturated heterocycles. The van der Waals surface area contributed by atoms with E-state index in [-0.39, 0.29) is 12.1 Å². The zero-order valence-electron chi connectivity index (χ0n) is 15.8. The van der Waals surface area contributed by atoms with Gasteiger partial charge in [0.15, 0.2) is 5.11 Å². The fraction of sp³-hybridized carbons (Fsp3) is 0.273. The number of benzene rings is 1. The molecule has 1 aliphatic rings. The third kappa shape index (κ3) is 3.64. The summed E-state index contributed by atoms with van der Waals surface area (Å²) in [7, 11) is 0. The average molecular weight is 411 g/mol. The first-order valence-corrected chi connectivity index (χ1v) is 10.4. The van der Waals surface area contributed by atoms with Crippen molar-refractivity contribution in [2.24, 2.45) is 0 Å². The Morgan fingerprint density at radius 2 is 2.04 bits per heavy atom. The molecule has 1 fully saturated rings. The molecule has 4 nitrogen and oxygen atoms in total. The molecule has 0 amide bonds. The van der Waals surface area contributed by atoms with E-state index in [0.29, 0.717) is 0 Å². The van der Waals surface area contributed by atoms with Crippen LogP contribution in [0.3, 0.4) is 0 Å². The third-order valence-corrected chi connectivity index (χ3v) is 5.71. The van der Waals surface area contributed by atoms with Crippen molar-refractivity contribution in [1.82, 2.24) is 19.8 Å². The molecular weight excluding hydrogens is 388 g/mol. The lowest BCUT2D eigenvalue weighted by atomic mass is 10.0. The number of aromatic nitrogens is 2. The van der Waals surface area contributed by atoms with Crippen LogP contribution in [0, 0.1) is 0 Å². The van der Waals surface area contributed by atoms with Crippen LogP contribution in [0.5, 0.6) is 0 Å². The summed E-state index contributed by atoms with van der Waals surface area (Å²) in [6, 6.07) is 18.2. The lowest BCUT2D eigenvalue weighted by molar-refractivity contribution is 0.304. The second-order valence-electron chi connectivity index (χ2n) is 6.96. The quantitative estimate of drug-likeness (QED) is 0.559. The Morgan fingerprint density at radius 1 is 1.14 bits per heavy atom. The maximum absolute atomic E-state index is 6.25. The van der Waals surface area contributed by atoms with Gasteiger partial charge in [-0.05, 0) is 61.1 Å². The van der Waals surface area contributed by atoms with Crippen LogP contribution in [0.25, 0.3) is 5.69 Å². The van der Waals surface area contributed by atoms with Gasteiger partial charge < -0.3 is 14.8 Å². The van der Waals surface area contributed by atoms with Gasteiger partial charge in [0, 0.05) is 35.3 Å². The minimum Gasteiger partial charge on any atom is -0.352 e. The number of unbranched alkanes of at least 4 members (excludes halogenated alkanes) is 1. The van der Waals surface area contributed by atoms with E-state index in [1.165, 1.54) is 5.69 Å². The second-order valence-corrected chi connectivity index (χ2v) is 7.78. The van der Waals surface area contributed by atoms with Crippen molar-refractivity contribution in [3.8, 4) is 5.69 Å². The van der Waals surface area contributed by atoms with E-state index in [2.05, 4.69) is 57.2 Å². The van der Waals surface area contributed by atoms with Gasteiger partial charge in [0.1, 0.15) is 0 Å². The van der Waals surface area contributed by atoms with Gasteiger partial charge >= 0.3 is 0 Å². The van der Waals surface area contributed by atoms with Crippen LogP contribution in [0.1, 0.15) is 43.2 Å².